The van der Waals surface area contributed by atoms with Crippen LogP contribution in [0, 0.1) is 0 Å². The van der Waals surface area contributed by atoms with E-state index in [1.54, 1.807) is 23.4 Å². The van der Waals surface area contributed by atoms with Crippen molar-refractivity contribution in [2.45, 2.75) is 38.6 Å². The van der Waals surface area contributed by atoms with Crippen LogP contribution in [0.2, 0.25) is 0 Å². The van der Waals surface area contributed by atoms with Gasteiger partial charge in [-0.05, 0) is 55.5 Å². The lowest BCUT2D eigenvalue weighted by atomic mass is 10.00. The number of carbonyl (C=O) groups excluding carboxylic acids is 2. The lowest BCUT2D eigenvalue weighted by molar-refractivity contribution is -0.133. The van der Waals surface area contributed by atoms with Crippen LogP contribution in [-0.2, 0) is 16.0 Å². The van der Waals surface area contributed by atoms with E-state index in [0.29, 0.717) is 50.1 Å². The Morgan fingerprint density at radius 3 is 2.70 bits per heavy atom. The van der Waals surface area contributed by atoms with Gasteiger partial charge in [0.25, 0.3) is 5.91 Å². The quantitative estimate of drug-likeness (QED) is 0.387. The average molecular weight is 539 g/mol. The molecule has 9 heteroatoms. The molecule has 2 saturated heterocycles. The van der Waals surface area contributed by atoms with Crippen LogP contribution in [0.3, 0.4) is 0 Å². The molecule has 2 aliphatic heterocycles. The van der Waals surface area contributed by atoms with E-state index in [0.717, 1.165) is 47.4 Å². The molecule has 1 aromatic carbocycles. The van der Waals surface area contributed by atoms with Crippen molar-refractivity contribution in [1.82, 2.24) is 24.2 Å². The largest absolute Gasteiger partial charge is 0.378 e. The van der Waals surface area contributed by atoms with E-state index < -0.39 is 0 Å². The van der Waals surface area contributed by atoms with Crippen LogP contribution in [0.25, 0.3) is 16.8 Å². The number of likely N-dealkylation sites (tertiary alicyclic amines) is 1. The molecule has 0 saturated carbocycles. The molecule has 2 amide bonds. The van der Waals surface area contributed by atoms with E-state index in [9.17, 15) is 9.59 Å². The number of nitrogens with zero attached hydrogens (tertiary/aromatic N) is 5. The Labute approximate surface area is 233 Å². The van der Waals surface area contributed by atoms with Crippen molar-refractivity contribution in [1.29, 1.82) is 0 Å². The molecule has 0 radical (unpaired) electrons. The molecule has 1 unspecified atom stereocenters. The fourth-order valence-corrected chi connectivity index (χ4v) is 5.57. The highest BCUT2D eigenvalue weighted by atomic mass is 16.5. The standard InChI is InChI=1S/C31H34N6O3/c1-22-5-2-3-11-37(22)29(38)18-23-6-4-7-24(17-23)26-19-27(30-32-10-12-36(30)21-26)34-28-9-8-25(20-33-28)31(39)35-13-15-40-16-14-35/h4,6-10,12,17,19-22H,2-3,5,11,13-16,18H2,1H3,(H,33,34). The van der Waals surface area contributed by atoms with Gasteiger partial charge in [-0.15, -0.1) is 0 Å². The third-order valence-corrected chi connectivity index (χ3v) is 7.80. The summed E-state index contributed by atoms with van der Waals surface area (Å²) in [5.41, 5.74) is 5.14. The van der Waals surface area contributed by atoms with Gasteiger partial charge < -0.3 is 24.3 Å². The van der Waals surface area contributed by atoms with Gasteiger partial charge in [0, 0.05) is 56.0 Å². The molecular formula is C31H34N6O3. The van der Waals surface area contributed by atoms with Crippen LogP contribution < -0.4 is 5.32 Å². The zero-order valence-electron chi connectivity index (χ0n) is 22.8. The molecule has 2 fully saturated rings. The number of rotatable bonds is 6. The molecule has 4 aromatic rings. The number of hydrogen-bond donors (Lipinski definition) is 1. The summed E-state index contributed by atoms with van der Waals surface area (Å²) in [6.45, 7) is 5.31. The van der Waals surface area contributed by atoms with Gasteiger partial charge in [0.15, 0.2) is 5.65 Å². The number of pyridine rings is 2. The van der Waals surface area contributed by atoms with E-state index in [-0.39, 0.29) is 11.8 Å². The van der Waals surface area contributed by atoms with Gasteiger partial charge in [-0.25, -0.2) is 9.97 Å². The Balaban J connectivity index is 1.22. The van der Waals surface area contributed by atoms with E-state index in [2.05, 4.69) is 34.3 Å². The summed E-state index contributed by atoms with van der Waals surface area (Å²) in [6, 6.07) is 14.1. The van der Waals surface area contributed by atoms with Crippen molar-refractivity contribution in [3.8, 4) is 11.1 Å². The Kier molecular flexibility index (Phi) is 7.46. The highest BCUT2D eigenvalue weighted by Gasteiger charge is 2.23. The predicted molar refractivity (Wildman–Crippen MR) is 154 cm³/mol. The van der Waals surface area contributed by atoms with E-state index in [1.165, 1.54) is 6.42 Å². The number of carbonyl (C=O) groups is 2. The van der Waals surface area contributed by atoms with Gasteiger partial charge in [-0.3, -0.25) is 9.59 Å². The van der Waals surface area contributed by atoms with Crippen molar-refractivity contribution in [3.05, 3.63) is 78.4 Å². The van der Waals surface area contributed by atoms with Gasteiger partial charge in [-0.2, -0.15) is 0 Å². The summed E-state index contributed by atoms with van der Waals surface area (Å²) in [4.78, 5) is 38.7. The van der Waals surface area contributed by atoms with E-state index >= 15 is 0 Å². The van der Waals surface area contributed by atoms with Crippen LogP contribution in [-0.4, -0.2) is 74.9 Å². The molecular weight excluding hydrogens is 504 g/mol. The summed E-state index contributed by atoms with van der Waals surface area (Å²) >= 11 is 0. The van der Waals surface area contributed by atoms with Crippen molar-refractivity contribution in [2.24, 2.45) is 0 Å². The number of benzene rings is 1. The number of imidazole rings is 1. The van der Waals surface area contributed by atoms with E-state index in [4.69, 9.17) is 4.74 Å². The number of morpholine rings is 1. The summed E-state index contributed by atoms with van der Waals surface area (Å²) in [5, 5.41) is 3.38. The first-order valence-electron chi connectivity index (χ1n) is 14.0. The lowest BCUT2D eigenvalue weighted by Crippen LogP contribution is -2.42. The van der Waals surface area contributed by atoms with Gasteiger partial charge in [0.05, 0.1) is 30.9 Å². The Morgan fingerprint density at radius 1 is 1.02 bits per heavy atom. The molecule has 40 heavy (non-hydrogen) atoms. The van der Waals surface area contributed by atoms with E-state index in [1.807, 2.05) is 46.0 Å². The minimum atomic E-state index is -0.0342. The van der Waals surface area contributed by atoms with Crippen molar-refractivity contribution in [3.63, 3.8) is 0 Å². The first kappa shape index (κ1) is 26.0. The maximum atomic E-state index is 13.0. The molecule has 6 rings (SSSR count). The molecule has 0 bridgehead atoms. The third-order valence-electron chi connectivity index (χ3n) is 7.80. The minimum absolute atomic E-state index is 0.0342. The number of amides is 2. The number of anilines is 2. The maximum absolute atomic E-state index is 13.0. The highest BCUT2D eigenvalue weighted by molar-refractivity contribution is 5.94. The van der Waals surface area contributed by atoms with Crippen LogP contribution in [0.1, 0.15) is 42.1 Å². The smallest absolute Gasteiger partial charge is 0.255 e. The minimum Gasteiger partial charge on any atom is -0.378 e. The zero-order valence-corrected chi connectivity index (χ0v) is 22.8. The van der Waals surface area contributed by atoms with Gasteiger partial charge >= 0.3 is 0 Å². The zero-order chi connectivity index (χ0) is 27.5. The van der Waals surface area contributed by atoms with Crippen molar-refractivity contribution < 1.29 is 14.3 Å². The molecule has 1 N–H and O–H groups in total. The summed E-state index contributed by atoms with van der Waals surface area (Å²) in [5.74, 6) is 0.780. The molecule has 1 atom stereocenters. The molecule has 3 aromatic heterocycles. The SMILES string of the molecule is CC1CCCCN1C(=O)Cc1cccc(-c2cc(Nc3ccc(C(=O)N4CCOCC4)cn3)c3nccn3c2)c1. The fourth-order valence-electron chi connectivity index (χ4n) is 5.57. The lowest BCUT2D eigenvalue weighted by Gasteiger charge is -2.33. The van der Waals surface area contributed by atoms with Crippen LogP contribution >= 0.6 is 0 Å². The first-order chi connectivity index (χ1) is 19.5. The number of hydrogen-bond acceptors (Lipinski definition) is 6. The highest BCUT2D eigenvalue weighted by Crippen LogP contribution is 2.29. The van der Waals surface area contributed by atoms with Gasteiger partial charge in [-0.1, -0.05) is 24.3 Å². The second-order valence-corrected chi connectivity index (χ2v) is 10.6. The topological polar surface area (TPSA) is 92.1 Å². The Morgan fingerprint density at radius 2 is 1.90 bits per heavy atom. The van der Waals surface area contributed by atoms with Gasteiger partial charge in [0.1, 0.15) is 5.82 Å². The molecule has 206 valence electrons. The summed E-state index contributed by atoms with van der Waals surface area (Å²) in [7, 11) is 0. The maximum Gasteiger partial charge on any atom is 0.255 e. The molecule has 0 spiro atoms. The molecule has 2 aliphatic rings. The predicted octanol–water partition coefficient (Wildman–Crippen LogP) is 4.56. The number of aromatic nitrogens is 3. The van der Waals surface area contributed by atoms with Crippen LogP contribution in [0.5, 0.6) is 0 Å². The molecule has 9 nitrogen and oxygen atoms in total. The first-order valence-corrected chi connectivity index (χ1v) is 14.0. The third kappa shape index (κ3) is 5.56. The van der Waals surface area contributed by atoms with Crippen LogP contribution in [0.4, 0.5) is 11.5 Å². The number of piperidine rings is 1. The number of ether oxygens (including phenoxy) is 1. The van der Waals surface area contributed by atoms with Crippen LogP contribution in [0.15, 0.2) is 67.3 Å². The Hall–Kier alpha value is -4.24. The van der Waals surface area contributed by atoms with Crippen molar-refractivity contribution in [2.75, 3.05) is 38.2 Å². The fraction of sp³-hybridized carbons (Fsp3) is 0.355. The Bertz CT molecular complexity index is 1510. The summed E-state index contributed by atoms with van der Waals surface area (Å²) in [6.07, 6.45) is 11.1. The average Bonchev–Trinajstić information content (AvgIpc) is 3.47. The van der Waals surface area contributed by atoms with Crippen molar-refractivity contribution >= 4 is 29.0 Å². The second kappa shape index (κ2) is 11.5. The second-order valence-electron chi connectivity index (χ2n) is 10.6. The molecule has 0 aliphatic carbocycles. The number of nitrogens with one attached hydrogen (secondary N) is 1. The van der Waals surface area contributed by atoms with Gasteiger partial charge in [0.2, 0.25) is 5.91 Å². The number of fused-ring (bicyclic) bond motifs is 1. The summed E-state index contributed by atoms with van der Waals surface area (Å²) < 4.78 is 7.32. The monoisotopic (exact) mass is 538 g/mol. The normalized spacial score (nSPS) is 17.7. The molecule has 5 heterocycles.